The monoisotopic (exact) mass is 274 g/mol. The number of carboxylic acid groups (broad SMARTS) is 1. The highest BCUT2D eigenvalue weighted by Gasteiger charge is 2.18. The smallest absolute Gasteiger partial charge is 0.323 e. The minimum Gasteiger partial charge on any atom is -0.480 e. The first-order valence-corrected chi connectivity index (χ1v) is 6.40. The summed E-state index contributed by atoms with van der Waals surface area (Å²) in [5.41, 5.74) is 3.07. The quantitative estimate of drug-likeness (QED) is 0.920. The molecule has 2 aromatic rings. The lowest BCUT2D eigenvalue weighted by Gasteiger charge is -2.14. The van der Waals surface area contributed by atoms with Gasteiger partial charge in [-0.3, -0.25) is 9.59 Å². The molecule has 5 nitrogen and oxygen atoms in total. The summed E-state index contributed by atoms with van der Waals surface area (Å²) >= 11 is 0. The lowest BCUT2D eigenvalue weighted by molar-refractivity contribution is -0.143. The normalized spacial score (nSPS) is 10.8. The number of rotatable bonds is 4. The number of carbonyl (C=O) groups is 2. The average molecular weight is 274 g/mol. The van der Waals surface area contributed by atoms with Crippen LogP contribution in [0, 0.1) is 6.92 Å². The number of fused-ring (bicyclic) bond motifs is 1. The van der Waals surface area contributed by atoms with Crippen molar-refractivity contribution in [2.24, 2.45) is 7.05 Å². The number of para-hydroxylation sites is 1. The standard InChI is InChI=1S/C15H18N2O3/c1-10-12(8-14(18)16(2)9-15(19)20)11-6-4-5-7-13(11)17(10)3/h4-7H,8-9H2,1-3H3,(H,19,20). The van der Waals surface area contributed by atoms with Crippen LogP contribution >= 0.6 is 0 Å². The van der Waals surface area contributed by atoms with Crippen molar-refractivity contribution in [3.8, 4) is 0 Å². The van der Waals surface area contributed by atoms with Gasteiger partial charge in [0, 0.05) is 30.7 Å². The maximum absolute atomic E-state index is 12.1. The number of amides is 1. The van der Waals surface area contributed by atoms with E-state index in [9.17, 15) is 9.59 Å². The number of hydrogen-bond acceptors (Lipinski definition) is 2. The Morgan fingerprint density at radius 2 is 1.95 bits per heavy atom. The molecule has 0 atom stereocenters. The topological polar surface area (TPSA) is 62.5 Å². The Hall–Kier alpha value is -2.30. The van der Waals surface area contributed by atoms with Crippen molar-refractivity contribution in [1.29, 1.82) is 0 Å². The first-order valence-electron chi connectivity index (χ1n) is 6.40. The maximum Gasteiger partial charge on any atom is 0.323 e. The first kappa shape index (κ1) is 14.1. The Bertz CT molecular complexity index is 673. The Kier molecular flexibility index (Phi) is 3.79. The predicted octanol–water partition coefficient (Wildman–Crippen LogP) is 1.57. The number of nitrogens with zero attached hydrogens (tertiary/aromatic N) is 2. The van der Waals surface area contributed by atoms with E-state index in [1.165, 1.54) is 11.9 Å². The zero-order valence-corrected chi connectivity index (χ0v) is 11.9. The van der Waals surface area contributed by atoms with Crippen LogP contribution in [-0.2, 0) is 23.1 Å². The van der Waals surface area contributed by atoms with Crippen LogP contribution in [0.2, 0.25) is 0 Å². The Balaban J connectivity index is 2.32. The van der Waals surface area contributed by atoms with Crippen LogP contribution in [0.15, 0.2) is 24.3 Å². The summed E-state index contributed by atoms with van der Waals surface area (Å²) < 4.78 is 2.05. The summed E-state index contributed by atoms with van der Waals surface area (Å²) in [6.45, 7) is 1.70. The van der Waals surface area contributed by atoms with Crippen molar-refractivity contribution in [1.82, 2.24) is 9.47 Å². The van der Waals surface area contributed by atoms with Gasteiger partial charge in [0.1, 0.15) is 6.54 Å². The lowest BCUT2D eigenvalue weighted by Crippen LogP contribution is -2.33. The van der Waals surface area contributed by atoms with Gasteiger partial charge in [-0.25, -0.2) is 0 Å². The zero-order chi connectivity index (χ0) is 14.9. The summed E-state index contributed by atoms with van der Waals surface area (Å²) in [5, 5.41) is 9.78. The second-order valence-corrected chi connectivity index (χ2v) is 4.96. The molecular weight excluding hydrogens is 256 g/mol. The van der Waals surface area contributed by atoms with E-state index in [1.54, 1.807) is 0 Å². The van der Waals surface area contributed by atoms with Gasteiger partial charge in [-0.15, -0.1) is 0 Å². The largest absolute Gasteiger partial charge is 0.480 e. The van der Waals surface area contributed by atoms with Gasteiger partial charge >= 0.3 is 5.97 Å². The molecule has 1 aromatic heterocycles. The number of aryl methyl sites for hydroxylation is 1. The van der Waals surface area contributed by atoms with Crippen molar-refractivity contribution in [2.75, 3.05) is 13.6 Å². The third-order valence-corrected chi connectivity index (χ3v) is 3.66. The summed E-state index contributed by atoms with van der Waals surface area (Å²) in [7, 11) is 3.48. The molecule has 106 valence electrons. The summed E-state index contributed by atoms with van der Waals surface area (Å²) in [4.78, 5) is 24.0. The van der Waals surface area contributed by atoms with Crippen LogP contribution in [0.1, 0.15) is 11.3 Å². The van der Waals surface area contributed by atoms with Gasteiger partial charge in [0.15, 0.2) is 0 Å². The molecule has 0 bridgehead atoms. The molecule has 0 radical (unpaired) electrons. The fourth-order valence-electron chi connectivity index (χ4n) is 2.40. The van der Waals surface area contributed by atoms with E-state index < -0.39 is 5.97 Å². The van der Waals surface area contributed by atoms with Gasteiger partial charge in [0.2, 0.25) is 5.91 Å². The summed E-state index contributed by atoms with van der Waals surface area (Å²) in [5.74, 6) is -1.19. The van der Waals surface area contributed by atoms with Crippen LogP contribution < -0.4 is 0 Å². The molecule has 0 aliphatic heterocycles. The number of carbonyl (C=O) groups excluding carboxylic acids is 1. The van der Waals surface area contributed by atoms with Crippen molar-refractivity contribution >= 4 is 22.8 Å². The van der Waals surface area contributed by atoms with Gasteiger partial charge in [-0.05, 0) is 18.6 Å². The molecule has 1 aromatic carbocycles. The first-order chi connectivity index (χ1) is 9.41. The van der Waals surface area contributed by atoms with Crippen LogP contribution in [0.25, 0.3) is 10.9 Å². The molecular formula is C15H18N2O3. The number of hydrogen-bond donors (Lipinski definition) is 1. The Labute approximate surface area is 117 Å². The zero-order valence-electron chi connectivity index (χ0n) is 11.9. The number of likely N-dealkylation sites (N-methyl/N-ethyl adjacent to an activating group) is 1. The van der Waals surface area contributed by atoms with E-state index in [0.717, 1.165) is 22.2 Å². The van der Waals surface area contributed by atoms with E-state index in [2.05, 4.69) is 4.57 Å². The summed E-state index contributed by atoms with van der Waals surface area (Å²) in [6.07, 6.45) is 0.219. The molecule has 1 heterocycles. The predicted molar refractivity (Wildman–Crippen MR) is 76.6 cm³/mol. The number of aliphatic carboxylic acids is 1. The van der Waals surface area contributed by atoms with Crippen molar-refractivity contribution in [2.45, 2.75) is 13.3 Å². The molecule has 0 spiro atoms. The Morgan fingerprint density at radius 1 is 1.30 bits per heavy atom. The van der Waals surface area contributed by atoms with E-state index in [1.807, 2.05) is 38.2 Å². The van der Waals surface area contributed by atoms with Crippen LogP contribution in [0.3, 0.4) is 0 Å². The molecule has 2 rings (SSSR count). The third-order valence-electron chi connectivity index (χ3n) is 3.66. The second kappa shape index (κ2) is 5.36. The number of carboxylic acids is 1. The molecule has 0 aliphatic rings. The number of benzene rings is 1. The van der Waals surface area contributed by atoms with E-state index in [4.69, 9.17) is 5.11 Å². The summed E-state index contributed by atoms with van der Waals surface area (Å²) in [6, 6.07) is 7.90. The molecule has 0 fully saturated rings. The highest BCUT2D eigenvalue weighted by atomic mass is 16.4. The van der Waals surface area contributed by atoms with Gasteiger partial charge in [-0.2, -0.15) is 0 Å². The molecule has 5 heteroatoms. The van der Waals surface area contributed by atoms with Gasteiger partial charge < -0.3 is 14.6 Å². The molecule has 0 saturated carbocycles. The molecule has 0 unspecified atom stereocenters. The number of aromatic nitrogens is 1. The van der Waals surface area contributed by atoms with Crippen molar-refractivity contribution in [3.05, 3.63) is 35.5 Å². The maximum atomic E-state index is 12.1. The fourth-order valence-corrected chi connectivity index (χ4v) is 2.40. The highest BCUT2D eigenvalue weighted by Crippen LogP contribution is 2.25. The lowest BCUT2D eigenvalue weighted by atomic mass is 10.1. The van der Waals surface area contributed by atoms with E-state index >= 15 is 0 Å². The molecule has 0 aliphatic carbocycles. The van der Waals surface area contributed by atoms with Gasteiger partial charge in [-0.1, -0.05) is 18.2 Å². The Morgan fingerprint density at radius 3 is 2.60 bits per heavy atom. The van der Waals surface area contributed by atoms with Crippen LogP contribution in [-0.4, -0.2) is 40.0 Å². The van der Waals surface area contributed by atoms with Crippen LogP contribution in [0.5, 0.6) is 0 Å². The highest BCUT2D eigenvalue weighted by molar-refractivity contribution is 5.91. The minimum atomic E-state index is -1.00. The molecule has 1 N–H and O–H groups in total. The third kappa shape index (κ3) is 2.52. The van der Waals surface area contributed by atoms with E-state index in [-0.39, 0.29) is 18.9 Å². The molecule has 0 saturated heterocycles. The van der Waals surface area contributed by atoms with Crippen LogP contribution in [0.4, 0.5) is 0 Å². The molecule has 20 heavy (non-hydrogen) atoms. The fraction of sp³-hybridized carbons (Fsp3) is 0.333. The van der Waals surface area contributed by atoms with Crippen molar-refractivity contribution in [3.63, 3.8) is 0 Å². The van der Waals surface area contributed by atoms with Gasteiger partial charge in [0.25, 0.3) is 0 Å². The molecule has 1 amide bonds. The van der Waals surface area contributed by atoms with Crippen molar-refractivity contribution < 1.29 is 14.7 Å². The minimum absolute atomic E-state index is 0.188. The second-order valence-electron chi connectivity index (χ2n) is 4.96. The average Bonchev–Trinajstić information content (AvgIpc) is 2.64. The SMILES string of the molecule is Cc1c(CC(=O)N(C)CC(=O)O)c2ccccc2n1C. The van der Waals surface area contributed by atoms with E-state index in [0.29, 0.717) is 0 Å². The van der Waals surface area contributed by atoms with Gasteiger partial charge in [0.05, 0.1) is 6.42 Å².